The monoisotopic (exact) mass is 713 g/mol. The fourth-order valence-corrected chi connectivity index (χ4v) is 6.88. The van der Waals surface area contributed by atoms with Gasteiger partial charge in [0.2, 0.25) is 11.1 Å². The van der Waals surface area contributed by atoms with Crippen LogP contribution < -0.4 is 15.4 Å². The molecule has 5 aromatic rings. The van der Waals surface area contributed by atoms with Crippen molar-refractivity contribution in [3.05, 3.63) is 139 Å². The molecule has 0 bridgehead atoms. The zero-order chi connectivity index (χ0) is 32.4. The molecular weight excluding hydrogens is 682 g/mol. The van der Waals surface area contributed by atoms with Gasteiger partial charge in [-0.15, -0.1) is 5.10 Å². The van der Waals surface area contributed by atoms with Crippen LogP contribution in [0.3, 0.4) is 0 Å². The Morgan fingerprint density at radius 3 is 2.52 bits per heavy atom. The van der Waals surface area contributed by atoms with Crippen LogP contribution in [0.1, 0.15) is 46.3 Å². The van der Waals surface area contributed by atoms with E-state index in [0.717, 1.165) is 38.0 Å². The lowest BCUT2D eigenvalue weighted by atomic mass is 9.94. The standard InChI is InChI=1S/C36H33BrClN5O2S/c1-21-9-12-25(13-10-21)19-45-31-16-14-27(37)18-28(31)33-32(34(44)40-30-15-11-22(2)17-23(30)3)24(4)39-35-41-36(42-43(33)35)46-20-26-7-5-6-8-29(26)38/h5-18,33H,19-20H2,1-4H3,(H,40,44)(H,39,41,42). The Bertz CT molecular complexity index is 1960. The van der Waals surface area contributed by atoms with Gasteiger partial charge in [-0.05, 0) is 74.7 Å². The highest BCUT2D eigenvalue weighted by Crippen LogP contribution is 2.42. The molecule has 1 aliphatic heterocycles. The molecule has 1 amide bonds. The number of thioether (sulfide) groups is 1. The number of fused-ring (bicyclic) bond motifs is 1. The molecule has 0 radical (unpaired) electrons. The number of aromatic nitrogens is 3. The number of hydrogen-bond acceptors (Lipinski definition) is 6. The van der Waals surface area contributed by atoms with Crippen LogP contribution in [0, 0.1) is 20.8 Å². The van der Waals surface area contributed by atoms with Crippen molar-refractivity contribution in [3.8, 4) is 5.75 Å². The van der Waals surface area contributed by atoms with Crippen molar-refractivity contribution in [1.29, 1.82) is 0 Å². The number of aryl methyl sites for hydroxylation is 3. The number of amides is 1. The molecule has 0 fully saturated rings. The van der Waals surface area contributed by atoms with Crippen molar-refractivity contribution < 1.29 is 9.53 Å². The molecule has 1 aromatic heterocycles. The van der Waals surface area contributed by atoms with Gasteiger partial charge in [0.05, 0.1) is 5.57 Å². The van der Waals surface area contributed by atoms with Crippen LogP contribution in [-0.4, -0.2) is 20.7 Å². The van der Waals surface area contributed by atoms with Crippen LogP contribution in [0.25, 0.3) is 0 Å². The minimum absolute atomic E-state index is 0.238. The van der Waals surface area contributed by atoms with E-state index in [2.05, 4.69) is 63.8 Å². The Morgan fingerprint density at radius 2 is 1.76 bits per heavy atom. The maximum absolute atomic E-state index is 14.2. The van der Waals surface area contributed by atoms with Gasteiger partial charge < -0.3 is 15.4 Å². The second-order valence-electron chi connectivity index (χ2n) is 11.3. The van der Waals surface area contributed by atoms with E-state index in [4.69, 9.17) is 26.4 Å². The number of anilines is 2. The minimum atomic E-state index is -0.630. The van der Waals surface area contributed by atoms with Gasteiger partial charge in [0.25, 0.3) is 5.91 Å². The van der Waals surface area contributed by atoms with Crippen LogP contribution in [-0.2, 0) is 17.2 Å². The molecule has 0 spiro atoms. The van der Waals surface area contributed by atoms with Crippen molar-refractivity contribution in [1.82, 2.24) is 14.8 Å². The normalized spacial score (nSPS) is 14.1. The summed E-state index contributed by atoms with van der Waals surface area (Å²) in [6, 6.07) is 27.2. The maximum Gasteiger partial charge on any atom is 0.255 e. The summed E-state index contributed by atoms with van der Waals surface area (Å²) < 4.78 is 9.08. The van der Waals surface area contributed by atoms with Crippen LogP contribution in [0.5, 0.6) is 5.75 Å². The summed E-state index contributed by atoms with van der Waals surface area (Å²) in [6.07, 6.45) is 0. The third-order valence-corrected chi connectivity index (χ3v) is 9.55. The molecule has 46 heavy (non-hydrogen) atoms. The summed E-state index contributed by atoms with van der Waals surface area (Å²) in [5.74, 6) is 1.55. The first-order valence-corrected chi connectivity index (χ1v) is 17.0. The lowest BCUT2D eigenvalue weighted by Crippen LogP contribution is -2.32. The van der Waals surface area contributed by atoms with Crippen LogP contribution in [0.15, 0.2) is 106 Å². The van der Waals surface area contributed by atoms with Gasteiger partial charge >= 0.3 is 0 Å². The van der Waals surface area contributed by atoms with Crippen molar-refractivity contribution in [2.75, 3.05) is 10.6 Å². The van der Waals surface area contributed by atoms with E-state index >= 15 is 0 Å². The number of carbonyl (C=O) groups is 1. The number of nitrogens with one attached hydrogen (secondary N) is 2. The fraction of sp³-hybridized carbons (Fsp3) is 0.194. The quantitative estimate of drug-likeness (QED) is 0.148. The van der Waals surface area contributed by atoms with Gasteiger partial charge in [0, 0.05) is 32.2 Å². The number of allylic oxidation sites excluding steroid dienone is 1. The predicted octanol–water partition coefficient (Wildman–Crippen LogP) is 9.42. The molecule has 2 N–H and O–H groups in total. The van der Waals surface area contributed by atoms with Crippen molar-refractivity contribution in [2.45, 2.75) is 51.3 Å². The van der Waals surface area contributed by atoms with Gasteiger partial charge in [0.15, 0.2) is 0 Å². The second-order valence-corrected chi connectivity index (χ2v) is 13.6. The molecule has 10 heteroatoms. The molecule has 0 aliphatic carbocycles. The van der Waals surface area contributed by atoms with Crippen LogP contribution in [0.4, 0.5) is 11.6 Å². The molecule has 1 unspecified atom stereocenters. The Kier molecular flexibility index (Phi) is 9.54. The Hall–Kier alpha value is -4.05. The van der Waals surface area contributed by atoms with Crippen molar-refractivity contribution >= 4 is 56.8 Å². The van der Waals surface area contributed by atoms with Crippen molar-refractivity contribution in [3.63, 3.8) is 0 Å². The van der Waals surface area contributed by atoms with Crippen LogP contribution in [0.2, 0.25) is 5.02 Å². The topological polar surface area (TPSA) is 81.1 Å². The number of hydrogen-bond donors (Lipinski definition) is 2. The van der Waals surface area contributed by atoms with Gasteiger partial charge in [-0.25, -0.2) is 4.68 Å². The number of halogens is 2. The lowest BCUT2D eigenvalue weighted by Gasteiger charge is -2.30. The minimum Gasteiger partial charge on any atom is -0.489 e. The largest absolute Gasteiger partial charge is 0.489 e. The zero-order valence-electron chi connectivity index (χ0n) is 25.9. The average molecular weight is 715 g/mol. The SMILES string of the molecule is CC1=C(C(=O)Nc2ccc(C)cc2C)C(c2cc(Br)ccc2OCc2ccc(C)cc2)n2nc(SCc3ccccc3Cl)nc2N1. The first kappa shape index (κ1) is 31.9. The highest BCUT2D eigenvalue weighted by atomic mass is 79.9. The van der Waals surface area contributed by atoms with Crippen LogP contribution >= 0.6 is 39.3 Å². The smallest absolute Gasteiger partial charge is 0.255 e. The van der Waals surface area contributed by atoms with E-state index < -0.39 is 6.04 Å². The number of nitrogens with zero attached hydrogens (tertiary/aromatic N) is 3. The van der Waals surface area contributed by atoms with E-state index in [0.29, 0.717) is 45.5 Å². The molecule has 4 aromatic carbocycles. The summed E-state index contributed by atoms with van der Waals surface area (Å²) in [7, 11) is 0. The summed E-state index contributed by atoms with van der Waals surface area (Å²) >= 11 is 11.6. The Labute approximate surface area is 286 Å². The summed E-state index contributed by atoms with van der Waals surface area (Å²) in [4.78, 5) is 19.0. The van der Waals surface area contributed by atoms with E-state index in [-0.39, 0.29) is 5.91 Å². The third kappa shape index (κ3) is 7.02. The highest BCUT2D eigenvalue weighted by Gasteiger charge is 2.36. The lowest BCUT2D eigenvalue weighted by molar-refractivity contribution is -0.113. The van der Waals surface area contributed by atoms with Gasteiger partial charge in [-0.2, -0.15) is 4.98 Å². The molecule has 7 nitrogen and oxygen atoms in total. The molecule has 1 aliphatic rings. The number of rotatable bonds is 9. The zero-order valence-corrected chi connectivity index (χ0v) is 29.1. The highest BCUT2D eigenvalue weighted by molar-refractivity contribution is 9.10. The average Bonchev–Trinajstić information content (AvgIpc) is 3.43. The van der Waals surface area contributed by atoms with E-state index in [1.54, 1.807) is 4.68 Å². The Morgan fingerprint density at radius 1 is 1.00 bits per heavy atom. The maximum atomic E-state index is 14.2. The summed E-state index contributed by atoms with van der Waals surface area (Å²) in [5.41, 5.74) is 8.05. The summed E-state index contributed by atoms with van der Waals surface area (Å²) in [6.45, 7) is 8.35. The van der Waals surface area contributed by atoms with E-state index in [9.17, 15) is 4.79 Å². The van der Waals surface area contributed by atoms with Gasteiger partial charge in [-0.3, -0.25) is 4.79 Å². The van der Waals surface area contributed by atoms with E-state index in [1.807, 2.05) is 75.4 Å². The van der Waals surface area contributed by atoms with Gasteiger partial charge in [-0.1, -0.05) is 105 Å². The first-order chi connectivity index (χ1) is 22.2. The Balaban J connectivity index is 1.40. The molecule has 2 heterocycles. The van der Waals surface area contributed by atoms with E-state index in [1.165, 1.54) is 17.3 Å². The fourth-order valence-electron chi connectivity index (χ4n) is 5.39. The predicted molar refractivity (Wildman–Crippen MR) is 190 cm³/mol. The summed E-state index contributed by atoms with van der Waals surface area (Å²) in [5, 5.41) is 12.7. The molecule has 6 rings (SSSR count). The molecule has 0 saturated heterocycles. The second kappa shape index (κ2) is 13.7. The number of carbonyl (C=O) groups excluding carboxylic acids is 1. The number of benzene rings is 4. The van der Waals surface area contributed by atoms with Gasteiger partial charge in [0.1, 0.15) is 18.4 Å². The molecule has 0 saturated carbocycles. The first-order valence-electron chi connectivity index (χ1n) is 14.8. The van der Waals surface area contributed by atoms with Crippen molar-refractivity contribution in [2.24, 2.45) is 0 Å². The number of ether oxygens (including phenoxy) is 1. The molecule has 1 atom stereocenters. The third-order valence-electron chi connectivity index (χ3n) is 7.80. The molecule has 234 valence electrons. The molecular formula is C36H33BrClN5O2S.